The highest BCUT2D eigenvalue weighted by molar-refractivity contribution is 7.13. The van der Waals surface area contributed by atoms with Crippen LogP contribution in [0.25, 0.3) is 0 Å². The largest absolute Gasteiger partial charge is 0.406 e. The predicted molar refractivity (Wildman–Crippen MR) is 121 cm³/mol. The van der Waals surface area contributed by atoms with Crippen LogP contribution in [0.3, 0.4) is 0 Å². The van der Waals surface area contributed by atoms with E-state index in [1.54, 1.807) is 0 Å². The molecule has 4 nitrogen and oxygen atoms in total. The number of hydrogen-bond donors (Lipinski definition) is 0. The number of hydrogen-bond acceptors (Lipinski definition) is 5. The van der Waals surface area contributed by atoms with Crippen molar-refractivity contribution in [2.24, 2.45) is 0 Å². The van der Waals surface area contributed by atoms with Crippen molar-refractivity contribution in [1.29, 1.82) is 0 Å². The number of aryl methyl sites for hydroxylation is 1. The smallest absolute Gasteiger partial charge is 0.193 e. The van der Waals surface area contributed by atoms with Crippen molar-refractivity contribution in [2.45, 2.75) is 58.2 Å². The lowest BCUT2D eigenvalue weighted by Crippen LogP contribution is -2.42. The molecular weight excluding hydrogens is 424 g/mol. The molecule has 0 aliphatic carbocycles. The first-order valence-corrected chi connectivity index (χ1v) is 13.9. The number of ether oxygens (including phenoxy) is 2. The minimum absolute atomic E-state index is 0.0245. The number of thiophene rings is 1. The van der Waals surface area contributed by atoms with Crippen molar-refractivity contribution >= 4 is 37.5 Å². The van der Waals surface area contributed by atoms with Gasteiger partial charge in [0.05, 0.1) is 29.1 Å². The highest BCUT2D eigenvalue weighted by Gasteiger charge is 2.41. The van der Waals surface area contributed by atoms with E-state index in [-0.39, 0.29) is 11.1 Å². The van der Waals surface area contributed by atoms with Gasteiger partial charge in [-0.15, -0.1) is 11.3 Å². The average molecular weight is 453 g/mol. The molecule has 0 N–H and O–H groups in total. The van der Waals surface area contributed by atoms with Crippen molar-refractivity contribution in [3.8, 4) is 0 Å². The number of halogens is 1. The molecule has 1 aliphatic heterocycles. The Morgan fingerprint density at radius 3 is 2.41 bits per heavy atom. The zero-order valence-corrected chi connectivity index (χ0v) is 20.4. The van der Waals surface area contributed by atoms with E-state index < -0.39 is 14.6 Å². The quantitative estimate of drug-likeness (QED) is 0.362. The fraction of sp³-hybridized carbons (Fsp3) is 0.500. The molecule has 2 heterocycles. The van der Waals surface area contributed by atoms with E-state index in [0.29, 0.717) is 23.1 Å². The summed E-state index contributed by atoms with van der Waals surface area (Å²) in [4.78, 5) is 13.5. The lowest BCUT2D eigenvalue weighted by Gasteiger charge is -2.39. The molecule has 2 aromatic rings. The van der Waals surface area contributed by atoms with Gasteiger partial charge in [-0.25, -0.2) is 0 Å². The van der Waals surface area contributed by atoms with Gasteiger partial charge in [-0.1, -0.05) is 38.4 Å². The second-order valence-electron chi connectivity index (χ2n) is 8.98. The fourth-order valence-corrected chi connectivity index (χ4v) is 5.58. The SMILES string of the molecule is Cc1cc(Cl)cc(C(O[Si](C)(C)C(C)(C)C)c2cc(C3OCCO3)sc2C=O)c1. The first kappa shape index (κ1) is 22.7. The van der Waals surface area contributed by atoms with Crippen molar-refractivity contribution in [3.05, 3.63) is 55.7 Å². The normalized spacial score (nSPS) is 16.9. The summed E-state index contributed by atoms with van der Waals surface area (Å²) >= 11 is 7.78. The van der Waals surface area contributed by atoms with Crippen LogP contribution < -0.4 is 0 Å². The summed E-state index contributed by atoms with van der Waals surface area (Å²) in [7, 11) is -2.14. The van der Waals surface area contributed by atoms with Crippen LogP contribution in [0.5, 0.6) is 0 Å². The maximum atomic E-state index is 11.9. The molecule has 1 aliphatic rings. The van der Waals surface area contributed by atoms with Crippen LogP contribution in [-0.2, 0) is 13.9 Å². The molecule has 1 saturated heterocycles. The van der Waals surface area contributed by atoms with Gasteiger partial charge in [0.25, 0.3) is 0 Å². The van der Waals surface area contributed by atoms with Gasteiger partial charge in [-0.05, 0) is 54.4 Å². The Balaban J connectivity index is 2.11. The predicted octanol–water partition coefficient (Wildman–Crippen LogP) is 6.68. The number of benzene rings is 1. The molecule has 0 radical (unpaired) electrons. The first-order chi connectivity index (χ1) is 13.5. The van der Waals surface area contributed by atoms with E-state index in [2.05, 4.69) is 39.9 Å². The Morgan fingerprint density at radius 1 is 1.21 bits per heavy atom. The van der Waals surface area contributed by atoms with Gasteiger partial charge in [0.15, 0.2) is 20.9 Å². The van der Waals surface area contributed by atoms with Crippen molar-refractivity contribution in [2.75, 3.05) is 13.2 Å². The van der Waals surface area contributed by atoms with Crippen molar-refractivity contribution in [3.63, 3.8) is 0 Å². The minimum Gasteiger partial charge on any atom is -0.406 e. The number of aldehydes is 1. The number of rotatable bonds is 6. The van der Waals surface area contributed by atoms with Crippen LogP contribution in [-0.4, -0.2) is 27.8 Å². The number of carbonyl (C=O) groups is 1. The maximum Gasteiger partial charge on any atom is 0.193 e. The molecular formula is C22H29ClO4SSi. The zero-order chi connectivity index (χ0) is 21.4. The Hall–Kier alpha value is -1.02. The Morgan fingerprint density at radius 2 is 1.86 bits per heavy atom. The molecule has 1 fully saturated rings. The summed E-state index contributed by atoms with van der Waals surface area (Å²) in [5, 5.41) is 0.686. The average Bonchev–Trinajstić information content (AvgIpc) is 3.27. The van der Waals surface area contributed by atoms with Gasteiger partial charge in [-0.3, -0.25) is 4.79 Å². The minimum atomic E-state index is -2.14. The molecule has 0 bridgehead atoms. The van der Waals surface area contributed by atoms with Crippen LogP contribution >= 0.6 is 22.9 Å². The molecule has 0 saturated carbocycles. The summed E-state index contributed by atoms with van der Waals surface area (Å²) in [6, 6.07) is 7.94. The zero-order valence-electron chi connectivity index (χ0n) is 17.9. The van der Waals surface area contributed by atoms with Crippen LogP contribution in [0.15, 0.2) is 24.3 Å². The van der Waals surface area contributed by atoms with Gasteiger partial charge in [0.1, 0.15) is 0 Å². The highest BCUT2D eigenvalue weighted by Crippen LogP contribution is 2.44. The standard InChI is InChI=1S/C22H29ClO4SSi/c1-14-9-15(11-16(23)10-14)20(27-29(5,6)22(2,3)4)17-12-18(28-19(17)13-24)21-25-7-8-26-21/h9-13,20-21H,7-8H2,1-6H3. The molecule has 1 atom stereocenters. The molecule has 3 rings (SSSR count). The van der Waals surface area contributed by atoms with Gasteiger partial charge in [-0.2, -0.15) is 0 Å². The summed E-state index contributed by atoms with van der Waals surface area (Å²) in [5.74, 6) is 0. The molecule has 1 unspecified atom stereocenters. The third-order valence-corrected chi connectivity index (χ3v) is 11.4. The van der Waals surface area contributed by atoms with Crippen molar-refractivity contribution < 1.29 is 18.7 Å². The maximum absolute atomic E-state index is 11.9. The van der Waals surface area contributed by atoms with E-state index in [9.17, 15) is 4.79 Å². The molecule has 7 heteroatoms. The fourth-order valence-electron chi connectivity index (χ4n) is 3.07. The van der Waals surface area contributed by atoms with Gasteiger partial charge in [0, 0.05) is 10.6 Å². The Bertz CT molecular complexity index is 861. The van der Waals surface area contributed by atoms with Gasteiger partial charge >= 0.3 is 0 Å². The molecule has 0 spiro atoms. The third-order valence-electron chi connectivity index (χ3n) is 5.64. The Kier molecular flexibility index (Phi) is 6.73. The van der Waals surface area contributed by atoms with Crippen LogP contribution in [0, 0.1) is 6.92 Å². The van der Waals surface area contributed by atoms with E-state index in [4.69, 9.17) is 25.5 Å². The highest BCUT2D eigenvalue weighted by atomic mass is 35.5. The monoisotopic (exact) mass is 452 g/mol. The van der Waals surface area contributed by atoms with E-state index in [0.717, 1.165) is 27.9 Å². The summed E-state index contributed by atoms with van der Waals surface area (Å²) in [5.41, 5.74) is 2.87. The summed E-state index contributed by atoms with van der Waals surface area (Å²) < 4.78 is 18.1. The second-order valence-corrected chi connectivity index (χ2v) is 15.3. The summed E-state index contributed by atoms with van der Waals surface area (Å²) in [6.07, 6.45) is 0.111. The molecule has 158 valence electrons. The van der Waals surface area contributed by atoms with E-state index >= 15 is 0 Å². The number of carbonyl (C=O) groups excluding carboxylic acids is 1. The Labute approximate surface area is 183 Å². The molecule has 29 heavy (non-hydrogen) atoms. The van der Waals surface area contributed by atoms with E-state index in [1.807, 2.05) is 25.1 Å². The summed E-state index contributed by atoms with van der Waals surface area (Å²) in [6.45, 7) is 14.2. The topological polar surface area (TPSA) is 44.8 Å². The molecule has 1 aromatic heterocycles. The lowest BCUT2D eigenvalue weighted by molar-refractivity contribution is -0.0413. The van der Waals surface area contributed by atoms with E-state index in [1.165, 1.54) is 11.3 Å². The molecule has 0 amide bonds. The first-order valence-electron chi connectivity index (χ1n) is 9.79. The van der Waals surface area contributed by atoms with Crippen LogP contribution in [0.1, 0.15) is 64.4 Å². The molecule has 1 aromatic carbocycles. The van der Waals surface area contributed by atoms with Gasteiger partial charge in [0.2, 0.25) is 0 Å². The third kappa shape index (κ3) is 5.01. The van der Waals surface area contributed by atoms with Crippen LogP contribution in [0.4, 0.5) is 0 Å². The van der Waals surface area contributed by atoms with Gasteiger partial charge < -0.3 is 13.9 Å². The second kappa shape index (κ2) is 8.61. The van der Waals surface area contributed by atoms with Crippen LogP contribution in [0.2, 0.25) is 23.2 Å². The lowest BCUT2D eigenvalue weighted by atomic mass is 10.0. The van der Waals surface area contributed by atoms with Crippen molar-refractivity contribution in [1.82, 2.24) is 0 Å².